The van der Waals surface area contributed by atoms with Crippen molar-refractivity contribution in [1.29, 1.82) is 5.41 Å². The normalized spacial score (nSPS) is 11.7. The third kappa shape index (κ3) is 3.23. The molecule has 0 saturated carbocycles. The zero-order valence-corrected chi connectivity index (χ0v) is 10.7. The Balaban J connectivity index is 3.17. The van der Waals surface area contributed by atoms with Crippen molar-refractivity contribution in [2.75, 3.05) is 13.1 Å². The van der Waals surface area contributed by atoms with Crippen molar-refractivity contribution < 1.29 is 12.8 Å². The van der Waals surface area contributed by atoms with Gasteiger partial charge in [-0.15, -0.1) is 0 Å². The van der Waals surface area contributed by atoms with Crippen LogP contribution in [0.3, 0.4) is 0 Å². The molecule has 6 nitrogen and oxygen atoms in total. The van der Waals surface area contributed by atoms with Gasteiger partial charge in [-0.05, 0) is 18.6 Å². The molecule has 100 valence electrons. The van der Waals surface area contributed by atoms with Gasteiger partial charge >= 0.3 is 0 Å². The predicted octanol–water partition coefficient (Wildman–Crippen LogP) is 0.557. The number of nitrogens with zero attached hydrogens (tertiary/aromatic N) is 2. The van der Waals surface area contributed by atoms with Crippen LogP contribution in [0.5, 0.6) is 0 Å². The van der Waals surface area contributed by atoms with Crippen LogP contribution in [0.15, 0.2) is 23.4 Å². The monoisotopic (exact) mass is 274 g/mol. The lowest BCUT2D eigenvalue weighted by Crippen LogP contribution is -2.39. The van der Waals surface area contributed by atoms with Gasteiger partial charge in [0.05, 0.1) is 6.54 Å². The van der Waals surface area contributed by atoms with Crippen molar-refractivity contribution in [3.05, 3.63) is 24.1 Å². The van der Waals surface area contributed by atoms with Gasteiger partial charge in [0.15, 0.2) is 5.82 Å². The molecule has 0 saturated heterocycles. The number of halogens is 1. The molecule has 0 fully saturated rings. The molecule has 0 spiro atoms. The molecule has 0 bridgehead atoms. The van der Waals surface area contributed by atoms with E-state index in [4.69, 9.17) is 11.1 Å². The van der Waals surface area contributed by atoms with Crippen molar-refractivity contribution in [3.63, 3.8) is 0 Å². The van der Waals surface area contributed by atoms with E-state index in [0.29, 0.717) is 6.42 Å². The Hall–Kier alpha value is -1.54. The van der Waals surface area contributed by atoms with Gasteiger partial charge in [-0.3, -0.25) is 5.41 Å². The van der Waals surface area contributed by atoms with Crippen LogP contribution in [0.4, 0.5) is 4.39 Å². The minimum atomic E-state index is -4.06. The molecule has 0 unspecified atom stereocenters. The number of hydrogen-bond acceptors (Lipinski definition) is 4. The van der Waals surface area contributed by atoms with Gasteiger partial charge in [0.2, 0.25) is 5.03 Å². The molecule has 1 heterocycles. The Morgan fingerprint density at radius 2 is 2.28 bits per heavy atom. The molecule has 0 radical (unpaired) electrons. The highest BCUT2D eigenvalue weighted by atomic mass is 32.2. The highest BCUT2D eigenvalue weighted by Crippen LogP contribution is 2.16. The van der Waals surface area contributed by atoms with Crippen LogP contribution in [0, 0.1) is 11.2 Å². The first kappa shape index (κ1) is 14.5. The minimum Gasteiger partial charge on any atom is -0.387 e. The topological polar surface area (TPSA) is 100 Å². The van der Waals surface area contributed by atoms with Gasteiger partial charge in [0.1, 0.15) is 5.84 Å². The standard InChI is InChI=1S/C10H15FN4O2S/c1-2-6-15(7-9(12)13)18(16,17)10-8(11)4-3-5-14-10/h3-5H,2,6-7H2,1H3,(H3,12,13). The van der Waals surface area contributed by atoms with Gasteiger partial charge in [-0.25, -0.2) is 17.8 Å². The zero-order chi connectivity index (χ0) is 13.8. The van der Waals surface area contributed by atoms with Gasteiger partial charge in [-0.1, -0.05) is 6.92 Å². The summed E-state index contributed by atoms with van der Waals surface area (Å²) in [5, 5.41) is 6.52. The Morgan fingerprint density at radius 3 is 2.78 bits per heavy atom. The first-order chi connectivity index (χ1) is 8.39. The number of nitrogens with two attached hydrogens (primary N) is 1. The molecule has 0 aliphatic heterocycles. The SMILES string of the molecule is CCCN(CC(=N)N)S(=O)(=O)c1ncccc1F. The fraction of sp³-hybridized carbons (Fsp3) is 0.400. The molecule has 8 heteroatoms. The number of pyridine rings is 1. The number of sulfonamides is 1. The second-order valence-electron chi connectivity index (χ2n) is 3.65. The van der Waals surface area contributed by atoms with Crippen LogP contribution in [0.1, 0.15) is 13.3 Å². The summed E-state index contributed by atoms with van der Waals surface area (Å²) in [5.41, 5.74) is 5.20. The molecule has 1 rings (SSSR count). The van der Waals surface area contributed by atoms with Crippen LogP contribution in [0.2, 0.25) is 0 Å². The first-order valence-corrected chi connectivity index (χ1v) is 6.77. The van der Waals surface area contributed by atoms with E-state index in [9.17, 15) is 12.8 Å². The second-order valence-corrected chi connectivity index (χ2v) is 5.51. The predicted molar refractivity (Wildman–Crippen MR) is 65.2 cm³/mol. The maximum atomic E-state index is 13.5. The first-order valence-electron chi connectivity index (χ1n) is 5.33. The van der Waals surface area contributed by atoms with Crippen molar-refractivity contribution in [3.8, 4) is 0 Å². The smallest absolute Gasteiger partial charge is 0.263 e. The van der Waals surface area contributed by atoms with E-state index >= 15 is 0 Å². The van der Waals surface area contributed by atoms with Crippen molar-refractivity contribution in [2.24, 2.45) is 5.73 Å². The molecule has 3 N–H and O–H groups in total. The van der Waals surface area contributed by atoms with Crippen molar-refractivity contribution in [1.82, 2.24) is 9.29 Å². The summed E-state index contributed by atoms with van der Waals surface area (Å²) in [6, 6.07) is 2.33. The molecule has 0 aliphatic rings. The van der Waals surface area contributed by atoms with Gasteiger partial charge in [0.25, 0.3) is 10.0 Å². The summed E-state index contributed by atoms with van der Waals surface area (Å²) < 4.78 is 38.7. The Labute approximate surface area is 105 Å². The largest absolute Gasteiger partial charge is 0.387 e. The van der Waals surface area contributed by atoms with E-state index in [2.05, 4.69) is 4.98 Å². The fourth-order valence-corrected chi connectivity index (χ4v) is 2.89. The van der Waals surface area contributed by atoms with E-state index in [1.807, 2.05) is 0 Å². The van der Waals surface area contributed by atoms with Crippen LogP contribution < -0.4 is 5.73 Å². The third-order valence-corrected chi connectivity index (χ3v) is 3.91. The van der Waals surface area contributed by atoms with Crippen LogP contribution in [0.25, 0.3) is 0 Å². The minimum absolute atomic E-state index is 0.151. The molecule has 0 aliphatic carbocycles. The summed E-state index contributed by atoms with van der Waals surface area (Å²) in [5.74, 6) is -1.22. The number of nitrogens with one attached hydrogen (secondary N) is 1. The second kappa shape index (κ2) is 5.87. The van der Waals surface area contributed by atoms with E-state index in [1.165, 1.54) is 12.3 Å². The van der Waals surface area contributed by atoms with E-state index < -0.39 is 20.9 Å². The van der Waals surface area contributed by atoms with Gasteiger partial charge < -0.3 is 5.73 Å². The zero-order valence-electron chi connectivity index (χ0n) is 9.93. The van der Waals surface area contributed by atoms with Gasteiger partial charge in [0, 0.05) is 12.7 Å². The van der Waals surface area contributed by atoms with Crippen LogP contribution >= 0.6 is 0 Å². The lowest BCUT2D eigenvalue weighted by molar-refractivity contribution is 0.438. The van der Waals surface area contributed by atoms with E-state index in [-0.39, 0.29) is 18.9 Å². The molecule has 0 atom stereocenters. The average molecular weight is 274 g/mol. The maximum absolute atomic E-state index is 13.5. The fourth-order valence-electron chi connectivity index (χ4n) is 1.41. The number of hydrogen-bond donors (Lipinski definition) is 2. The van der Waals surface area contributed by atoms with Crippen molar-refractivity contribution >= 4 is 15.9 Å². The third-order valence-electron chi connectivity index (χ3n) is 2.13. The highest BCUT2D eigenvalue weighted by Gasteiger charge is 2.28. The molecule has 0 amide bonds. The van der Waals surface area contributed by atoms with Crippen LogP contribution in [-0.2, 0) is 10.0 Å². The lowest BCUT2D eigenvalue weighted by atomic mass is 10.4. The van der Waals surface area contributed by atoms with Gasteiger partial charge in [-0.2, -0.15) is 4.31 Å². The average Bonchev–Trinajstić information content (AvgIpc) is 2.28. The number of rotatable bonds is 6. The Kier molecular flexibility index (Phi) is 4.74. The van der Waals surface area contributed by atoms with Crippen molar-refractivity contribution in [2.45, 2.75) is 18.4 Å². The van der Waals surface area contributed by atoms with Crippen LogP contribution in [-0.4, -0.2) is 36.6 Å². The number of amidine groups is 1. The van der Waals surface area contributed by atoms with E-state index in [1.54, 1.807) is 6.92 Å². The molecule has 1 aromatic heterocycles. The summed E-state index contributed by atoms with van der Waals surface area (Å²) in [7, 11) is -4.06. The summed E-state index contributed by atoms with van der Waals surface area (Å²) in [6.07, 6.45) is 1.73. The molecular formula is C10H15FN4O2S. The molecule has 1 aromatic rings. The number of aromatic nitrogens is 1. The van der Waals surface area contributed by atoms with E-state index in [0.717, 1.165) is 10.4 Å². The molecule has 0 aromatic carbocycles. The molecular weight excluding hydrogens is 259 g/mol. The summed E-state index contributed by atoms with van der Waals surface area (Å²) >= 11 is 0. The Morgan fingerprint density at radius 1 is 1.61 bits per heavy atom. The molecule has 18 heavy (non-hydrogen) atoms. The lowest BCUT2D eigenvalue weighted by Gasteiger charge is -2.20. The summed E-state index contributed by atoms with van der Waals surface area (Å²) in [6.45, 7) is 1.65. The highest BCUT2D eigenvalue weighted by molar-refractivity contribution is 7.89. The summed E-state index contributed by atoms with van der Waals surface area (Å²) in [4.78, 5) is 3.54. The maximum Gasteiger partial charge on any atom is 0.263 e. The Bertz CT molecular complexity index is 532. The quantitative estimate of drug-likeness (QED) is 0.584.